The maximum Gasteiger partial charge on any atom is 0.135 e. The van der Waals surface area contributed by atoms with E-state index in [1.54, 1.807) is 0 Å². The maximum absolute atomic E-state index is 6.34. The molecule has 6 aliphatic rings. The number of hydrogen-bond acceptors (Lipinski definition) is 4. The number of fused-ring (bicyclic) bond motifs is 14. The lowest BCUT2D eigenvalue weighted by Gasteiger charge is -2.50. The number of benzene rings is 11. The predicted octanol–water partition coefficient (Wildman–Crippen LogP) is 25.1. The number of rotatable bonds is 6. The fourth-order valence-corrected chi connectivity index (χ4v) is 17.3. The van der Waals surface area contributed by atoms with Crippen LogP contribution in [0.25, 0.3) is 99.5 Å². The number of para-hydroxylation sites is 2. The van der Waals surface area contributed by atoms with E-state index < -0.39 is 0 Å². The molecule has 0 amide bonds. The van der Waals surface area contributed by atoms with Crippen LogP contribution in [-0.2, 0) is 21.7 Å². The highest BCUT2D eigenvalue weighted by Gasteiger charge is 2.48. The summed E-state index contributed by atoms with van der Waals surface area (Å²) in [6.07, 6.45) is 18.2. The van der Waals surface area contributed by atoms with Gasteiger partial charge < -0.3 is 18.6 Å². The van der Waals surface area contributed by atoms with Crippen molar-refractivity contribution in [1.82, 2.24) is 0 Å². The zero-order valence-corrected chi connectivity index (χ0v) is 54.6. The molecule has 19 rings (SSSR count). The van der Waals surface area contributed by atoms with Crippen molar-refractivity contribution < 1.29 is 8.83 Å². The first-order valence-corrected chi connectivity index (χ1v) is 33.8. The summed E-state index contributed by atoms with van der Waals surface area (Å²) in [4.78, 5) is 5.23. The number of furan rings is 2. The molecule has 0 saturated heterocycles. The van der Waals surface area contributed by atoms with Crippen molar-refractivity contribution in [2.24, 2.45) is 0 Å². The lowest BCUT2D eigenvalue weighted by molar-refractivity contribution is 0.597. The maximum atomic E-state index is 6.34. The van der Waals surface area contributed by atoms with Crippen LogP contribution in [0.1, 0.15) is 137 Å². The minimum absolute atomic E-state index is 0.292. The van der Waals surface area contributed by atoms with Crippen molar-refractivity contribution in [3.8, 4) is 44.5 Å². The van der Waals surface area contributed by atoms with Gasteiger partial charge in [-0.15, -0.1) is 0 Å². The number of allylic oxidation sites excluding steroid dienone is 8. The Labute approximate surface area is 550 Å². The van der Waals surface area contributed by atoms with Gasteiger partial charge in [-0.2, -0.15) is 0 Å². The van der Waals surface area contributed by atoms with E-state index in [4.69, 9.17) is 8.83 Å². The summed E-state index contributed by atoms with van der Waals surface area (Å²) in [6, 6.07) is 78.8. The zero-order valence-electron chi connectivity index (χ0n) is 54.6. The topological polar surface area (TPSA) is 32.8 Å². The molecule has 94 heavy (non-hydrogen) atoms. The Kier molecular flexibility index (Phi) is 11.5. The quantitative estimate of drug-likeness (QED) is 0.166. The molecule has 4 nitrogen and oxygen atoms in total. The first kappa shape index (κ1) is 55.2. The Balaban J connectivity index is 0.764. The molecule has 0 spiro atoms. The van der Waals surface area contributed by atoms with E-state index in [1.165, 1.54) is 145 Å². The summed E-state index contributed by atoms with van der Waals surface area (Å²) in [5.74, 6) is 0. The first-order valence-electron chi connectivity index (χ1n) is 33.8. The van der Waals surface area contributed by atoms with Crippen LogP contribution in [0, 0.1) is 0 Å². The third kappa shape index (κ3) is 7.86. The predicted molar refractivity (Wildman–Crippen MR) is 393 cm³/mol. The molecule has 2 aliphatic carbocycles. The van der Waals surface area contributed by atoms with E-state index >= 15 is 0 Å². The highest BCUT2D eigenvalue weighted by atomic mass is 16.3. The van der Waals surface area contributed by atoms with Crippen molar-refractivity contribution in [1.29, 1.82) is 0 Å². The van der Waals surface area contributed by atoms with Gasteiger partial charge >= 0.3 is 0 Å². The summed E-state index contributed by atoms with van der Waals surface area (Å²) >= 11 is 0. The second-order valence-electron chi connectivity index (χ2n) is 29.4. The van der Waals surface area contributed by atoms with Gasteiger partial charge in [0, 0.05) is 43.2 Å². The van der Waals surface area contributed by atoms with Crippen molar-refractivity contribution >= 4 is 89.1 Å². The molecular weight excluding hydrogens is 1140 g/mol. The summed E-state index contributed by atoms with van der Waals surface area (Å²) < 4.78 is 12.7. The molecular formula is C90H72N2O2. The number of hydrogen-bond donors (Lipinski definition) is 0. The van der Waals surface area contributed by atoms with Crippen LogP contribution in [0.15, 0.2) is 252 Å². The number of anilines is 6. The van der Waals surface area contributed by atoms with Crippen molar-refractivity contribution in [3.05, 3.63) is 298 Å². The molecule has 0 radical (unpaired) electrons. The van der Waals surface area contributed by atoms with E-state index in [0.29, 0.717) is 0 Å². The molecule has 454 valence electrons. The monoisotopic (exact) mass is 1210 g/mol. The first-order chi connectivity index (χ1) is 45.6. The molecule has 2 aromatic heterocycles. The normalized spacial score (nSPS) is 17.1. The molecule has 0 fully saturated rings. The third-order valence-electron chi connectivity index (χ3n) is 22.7. The van der Waals surface area contributed by atoms with Gasteiger partial charge in [-0.3, -0.25) is 0 Å². The van der Waals surface area contributed by atoms with E-state index in [0.717, 1.165) is 69.6 Å². The minimum atomic E-state index is -0.379. The Morgan fingerprint density at radius 2 is 0.681 bits per heavy atom. The van der Waals surface area contributed by atoms with Crippen LogP contribution in [0.3, 0.4) is 0 Å². The molecule has 0 saturated carbocycles. The zero-order chi connectivity index (χ0) is 63.3. The van der Waals surface area contributed by atoms with Gasteiger partial charge in [0.15, 0.2) is 0 Å². The van der Waals surface area contributed by atoms with Crippen LogP contribution in [-0.4, -0.2) is 0 Å². The Morgan fingerprint density at radius 1 is 0.309 bits per heavy atom. The van der Waals surface area contributed by atoms with Crippen molar-refractivity contribution in [2.75, 3.05) is 9.80 Å². The third-order valence-corrected chi connectivity index (χ3v) is 22.7. The Hall–Kier alpha value is -10.4. The molecule has 0 N–H and O–H groups in total. The molecule has 11 aromatic carbocycles. The van der Waals surface area contributed by atoms with Gasteiger partial charge in [-0.05, 0) is 246 Å². The lowest BCUT2D eigenvalue weighted by atomic mass is 9.65. The summed E-state index contributed by atoms with van der Waals surface area (Å²) in [5, 5.41) is 4.54. The van der Waals surface area contributed by atoms with Crippen LogP contribution in [0.5, 0.6) is 0 Å². The van der Waals surface area contributed by atoms with Gasteiger partial charge in [0.25, 0.3) is 0 Å². The molecule has 4 heteroatoms. The summed E-state index contributed by atoms with van der Waals surface area (Å²) in [5.41, 5.74) is 35.5. The smallest absolute Gasteiger partial charge is 0.135 e. The van der Waals surface area contributed by atoms with E-state index in [9.17, 15) is 0 Å². The SMILES string of the molecule is CC1(C)c2cc(C3=CCCC=C3)ccc2N2c3ccc(C4=CC=CCC4)cc3C(C)(C)c3cc(-c4ccc(-c5cc6c7c(c5)C(C)(C)c5cc(-c8ccc9oc%10ccccc%10c9c8)ccc5N7c5ccc(-c7ccc8oc9ccccc9c8c7)cc5C6(C)C)cc4)cc1c32. The molecule has 0 bridgehead atoms. The Bertz CT molecular complexity index is 5430. The van der Waals surface area contributed by atoms with Gasteiger partial charge in [-0.25, -0.2) is 0 Å². The van der Waals surface area contributed by atoms with Crippen molar-refractivity contribution in [3.63, 3.8) is 0 Å². The minimum Gasteiger partial charge on any atom is -0.456 e. The van der Waals surface area contributed by atoms with Crippen LogP contribution < -0.4 is 9.80 Å². The van der Waals surface area contributed by atoms with Crippen LogP contribution in [0.2, 0.25) is 0 Å². The second kappa shape index (κ2) is 19.6. The summed E-state index contributed by atoms with van der Waals surface area (Å²) in [7, 11) is 0. The van der Waals surface area contributed by atoms with Gasteiger partial charge in [-0.1, -0.05) is 189 Å². The second-order valence-corrected chi connectivity index (χ2v) is 29.4. The van der Waals surface area contributed by atoms with E-state index in [-0.39, 0.29) is 21.7 Å². The van der Waals surface area contributed by atoms with Crippen LogP contribution >= 0.6 is 0 Å². The fourth-order valence-electron chi connectivity index (χ4n) is 17.3. The lowest BCUT2D eigenvalue weighted by Crippen LogP contribution is -2.38. The molecule has 0 unspecified atom stereocenters. The van der Waals surface area contributed by atoms with Gasteiger partial charge in [0.2, 0.25) is 0 Å². The Morgan fingerprint density at radius 3 is 1.12 bits per heavy atom. The fraction of sp³-hybridized carbons (Fsp3) is 0.178. The average Bonchev–Trinajstić information content (AvgIpc) is 0.866. The highest BCUT2D eigenvalue weighted by Crippen LogP contribution is 2.64. The van der Waals surface area contributed by atoms with Crippen LogP contribution in [0.4, 0.5) is 34.1 Å². The summed E-state index contributed by atoms with van der Waals surface area (Å²) in [6.45, 7) is 19.6. The standard InChI is InChI=1S/C90H72N2O2/c1-87(2)69-45-59(53-19-11-9-12-20-53)31-37-77(69)91-78-38-32-60(54-21-13-10-14-22-54)46-70(78)88(3,4)74-50-63(49-73(87)85(74)91)55-27-29-56(30-28-55)64-51-75-86-76(52-64)90(7,8)72-48-62(58-36-42-84-68(44-58)66-24-16-18-26-82(66)94-84)34-40-80(72)92(86)79-39-33-61(47-71(79)89(75,5)6)57-35-41-83-67(43-57)65-23-15-17-25-81(65)93-83/h9,11,13,15-19,21-52H,10,12,14,20H2,1-8H3. The van der Waals surface area contributed by atoms with E-state index in [2.05, 4.69) is 296 Å². The highest BCUT2D eigenvalue weighted by molar-refractivity contribution is 6.08. The molecule has 13 aromatic rings. The molecule has 0 atom stereocenters. The van der Waals surface area contributed by atoms with Gasteiger partial charge in [0.1, 0.15) is 22.3 Å². The average molecular weight is 1210 g/mol. The van der Waals surface area contributed by atoms with Gasteiger partial charge in [0.05, 0.1) is 34.1 Å². The van der Waals surface area contributed by atoms with Crippen molar-refractivity contribution in [2.45, 2.75) is 103 Å². The molecule has 6 heterocycles. The number of nitrogens with zero attached hydrogens (tertiary/aromatic N) is 2. The largest absolute Gasteiger partial charge is 0.456 e. The molecule has 4 aliphatic heterocycles. The van der Waals surface area contributed by atoms with E-state index in [1.807, 2.05) is 12.1 Å².